The van der Waals surface area contributed by atoms with Crippen molar-refractivity contribution in [2.45, 2.75) is 30.2 Å². The SMILES string of the molecule is O=C(CCCl)Nc1ccc(S(=O)(=O)NC2CC2)cc1. The molecule has 1 saturated carbocycles. The van der Waals surface area contributed by atoms with Gasteiger partial charge in [0.2, 0.25) is 15.9 Å². The number of halogens is 1. The third-order valence-corrected chi connectivity index (χ3v) is 4.39. The summed E-state index contributed by atoms with van der Waals surface area (Å²) in [5, 5.41) is 2.64. The van der Waals surface area contributed by atoms with Crippen LogP contribution in [-0.2, 0) is 14.8 Å². The van der Waals surface area contributed by atoms with Gasteiger partial charge >= 0.3 is 0 Å². The van der Waals surface area contributed by atoms with Gasteiger partial charge in [-0.15, -0.1) is 11.6 Å². The number of carbonyl (C=O) groups is 1. The Morgan fingerprint density at radius 2 is 1.89 bits per heavy atom. The number of anilines is 1. The van der Waals surface area contributed by atoms with E-state index in [1.807, 2.05) is 0 Å². The van der Waals surface area contributed by atoms with E-state index in [1.165, 1.54) is 12.1 Å². The molecular weight excluding hydrogens is 288 g/mol. The number of nitrogens with one attached hydrogen (secondary N) is 2. The lowest BCUT2D eigenvalue weighted by atomic mass is 10.3. The van der Waals surface area contributed by atoms with E-state index in [2.05, 4.69) is 10.0 Å². The van der Waals surface area contributed by atoms with E-state index in [-0.39, 0.29) is 29.1 Å². The van der Waals surface area contributed by atoms with Gasteiger partial charge in [-0.25, -0.2) is 13.1 Å². The van der Waals surface area contributed by atoms with Crippen LogP contribution >= 0.6 is 11.6 Å². The molecule has 1 fully saturated rings. The summed E-state index contributed by atoms with van der Waals surface area (Å²) in [6.45, 7) is 0. The lowest BCUT2D eigenvalue weighted by Gasteiger charge is -2.07. The van der Waals surface area contributed by atoms with Crippen molar-refractivity contribution in [2.24, 2.45) is 0 Å². The molecule has 104 valence electrons. The number of alkyl halides is 1. The van der Waals surface area contributed by atoms with Gasteiger partial charge < -0.3 is 5.32 Å². The highest BCUT2D eigenvalue weighted by Crippen LogP contribution is 2.22. The fourth-order valence-corrected chi connectivity index (χ4v) is 2.99. The third kappa shape index (κ3) is 4.19. The summed E-state index contributed by atoms with van der Waals surface area (Å²) >= 11 is 5.45. The highest BCUT2D eigenvalue weighted by molar-refractivity contribution is 7.89. The predicted octanol–water partition coefficient (Wildman–Crippen LogP) is 1.69. The first kappa shape index (κ1) is 14.3. The van der Waals surface area contributed by atoms with Crippen molar-refractivity contribution in [3.05, 3.63) is 24.3 Å². The number of rotatable bonds is 6. The van der Waals surface area contributed by atoms with Gasteiger partial charge in [0.1, 0.15) is 0 Å². The molecule has 5 nitrogen and oxygen atoms in total. The van der Waals surface area contributed by atoms with Gasteiger partial charge in [-0.1, -0.05) is 0 Å². The van der Waals surface area contributed by atoms with Gasteiger partial charge in [-0.05, 0) is 37.1 Å². The number of amides is 1. The largest absolute Gasteiger partial charge is 0.326 e. The Bertz CT molecular complexity index is 553. The van der Waals surface area contributed by atoms with Crippen molar-refractivity contribution >= 4 is 33.2 Å². The normalized spacial score (nSPS) is 15.2. The summed E-state index contributed by atoms with van der Waals surface area (Å²) in [5.41, 5.74) is 0.556. The molecule has 2 N–H and O–H groups in total. The van der Waals surface area contributed by atoms with Crippen LogP contribution < -0.4 is 10.0 Å². The third-order valence-electron chi connectivity index (χ3n) is 2.67. The molecular formula is C12H15ClN2O3S. The lowest BCUT2D eigenvalue weighted by Crippen LogP contribution is -2.25. The topological polar surface area (TPSA) is 75.3 Å². The Hall–Kier alpha value is -1.11. The molecule has 0 bridgehead atoms. The quantitative estimate of drug-likeness (QED) is 0.785. The summed E-state index contributed by atoms with van der Waals surface area (Å²) in [6.07, 6.45) is 2.02. The molecule has 0 radical (unpaired) electrons. The highest BCUT2D eigenvalue weighted by atomic mass is 35.5. The summed E-state index contributed by atoms with van der Waals surface area (Å²) in [7, 11) is -3.44. The van der Waals surface area contributed by atoms with Crippen LogP contribution in [0.4, 0.5) is 5.69 Å². The van der Waals surface area contributed by atoms with Gasteiger partial charge in [0.15, 0.2) is 0 Å². The maximum atomic E-state index is 11.9. The standard InChI is InChI=1S/C12H15ClN2O3S/c13-8-7-12(16)14-9-3-5-11(6-4-9)19(17,18)15-10-1-2-10/h3-6,10,15H,1-2,7-8H2,(H,14,16). The lowest BCUT2D eigenvalue weighted by molar-refractivity contribution is -0.115. The van der Waals surface area contributed by atoms with Gasteiger partial charge in [0, 0.05) is 24.0 Å². The maximum Gasteiger partial charge on any atom is 0.240 e. The molecule has 1 aliphatic carbocycles. The highest BCUT2D eigenvalue weighted by Gasteiger charge is 2.27. The molecule has 7 heteroatoms. The zero-order valence-corrected chi connectivity index (χ0v) is 11.8. The smallest absolute Gasteiger partial charge is 0.240 e. The molecule has 1 aromatic carbocycles. The fourth-order valence-electron chi connectivity index (χ4n) is 1.52. The second-order valence-electron chi connectivity index (χ2n) is 4.41. The summed E-state index contributed by atoms with van der Waals surface area (Å²) in [6, 6.07) is 6.15. The monoisotopic (exact) mass is 302 g/mol. The number of sulfonamides is 1. The summed E-state index contributed by atoms with van der Waals surface area (Å²) < 4.78 is 26.4. The van der Waals surface area contributed by atoms with Crippen LogP contribution in [0.25, 0.3) is 0 Å². The molecule has 1 aromatic rings. The molecule has 0 aliphatic heterocycles. The Morgan fingerprint density at radius 1 is 1.26 bits per heavy atom. The average molecular weight is 303 g/mol. The van der Waals surface area contributed by atoms with Crippen LogP contribution in [0, 0.1) is 0 Å². The van der Waals surface area contributed by atoms with Crippen LogP contribution in [0.5, 0.6) is 0 Å². The second kappa shape index (κ2) is 5.90. The minimum absolute atomic E-state index is 0.0769. The molecule has 0 aromatic heterocycles. The van der Waals surface area contributed by atoms with Gasteiger partial charge in [-0.2, -0.15) is 0 Å². The number of hydrogen-bond acceptors (Lipinski definition) is 3. The van der Waals surface area contributed by atoms with E-state index in [0.29, 0.717) is 5.69 Å². The summed E-state index contributed by atoms with van der Waals surface area (Å²) in [5.74, 6) is 0.0607. The zero-order chi connectivity index (χ0) is 13.9. The van der Waals surface area contributed by atoms with E-state index in [9.17, 15) is 13.2 Å². The number of benzene rings is 1. The van der Waals surface area contributed by atoms with E-state index in [1.54, 1.807) is 12.1 Å². The molecule has 19 heavy (non-hydrogen) atoms. The van der Waals surface area contributed by atoms with E-state index >= 15 is 0 Å². The Morgan fingerprint density at radius 3 is 2.42 bits per heavy atom. The van der Waals surface area contributed by atoms with Crippen LogP contribution in [0.15, 0.2) is 29.2 Å². The summed E-state index contributed by atoms with van der Waals surface area (Å²) in [4.78, 5) is 11.5. The van der Waals surface area contributed by atoms with Crippen molar-refractivity contribution in [3.8, 4) is 0 Å². The maximum absolute atomic E-state index is 11.9. The van der Waals surface area contributed by atoms with Crippen molar-refractivity contribution in [3.63, 3.8) is 0 Å². The van der Waals surface area contributed by atoms with Gasteiger partial charge in [-0.3, -0.25) is 4.79 Å². The molecule has 0 atom stereocenters. The molecule has 0 heterocycles. The first-order valence-electron chi connectivity index (χ1n) is 5.99. The van der Waals surface area contributed by atoms with Crippen LogP contribution in [0.1, 0.15) is 19.3 Å². The predicted molar refractivity (Wildman–Crippen MR) is 73.8 cm³/mol. The van der Waals surface area contributed by atoms with Crippen molar-refractivity contribution < 1.29 is 13.2 Å². The van der Waals surface area contributed by atoms with Crippen LogP contribution in [-0.4, -0.2) is 26.2 Å². The van der Waals surface area contributed by atoms with Crippen molar-refractivity contribution in [2.75, 3.05) is 11.2 Å². The van der Waals surface area contributed by atoms with Crippen molar-refractivity contribution in [1.29, 1.82) is 0 Å². The first-order chi connectivity index (χ1) is 9.01. The fraction of sp³-hybridized carbons (Fsp3) is 0.417. The molecule has 1 amide bonds. The Balaban J connectivity index is 2.03. The van der Waals surface area contributed by atoms with E-state index in [0.717, 1.165) is 12.8 Å². The van der Waals surface area contributed by atoms with Crippen molar-refractivity contribution in [1.82, 2.24) is 4.72 Å². The van der Waals surface area contributed by atoms with E-state index < -0.39 is 10.0 Å². The number of carbonyl (C=O) groups excluding carboxylic acids is 1. The molecule has 0 unspecified atom stereocenters. The number of hydrogen-bond donors (Lipinski definition) is 2. The molecule has 1 aliphatic rings. The molecule has 2 rings (SSSR count). The van der Waals surface area contributed by atoms with Crippen LogP contribution in [0.2, 0.25) is 0 Å². The second-order valence-corrected chi connectivity index (χ2v) is 6.50. The van der Waals surface area contributed by atoms with E-state index in [4.69, 9.17) is 11.6 Å². The Labute approximate surface area is 117 Å². The average Bonchev–Trinajstić information content (AvgIpc) is 3.13. The van der Waals surface area contributed by atoms with Gasteiger partial charge in [0.05, 0.1) is 4.90 Å². The minimum atomic E-state index is -3.44. The van der Waals surface area contributed by atoms with Crippen LogP contribution in [0.3, 0.4) is 0 Å². The minimum Gasteiger partial charge on any atom is -0.326 e. The van der Waals surface area contributed by atoms with Gasteiger partial charge in [0.25, 0.3) is 0 Å². The Kier molecular flexibility index (Phi) is 4.44. The molecule has 0 spiro atoms. The first-order valence-corrected chi connectivity index (χ1v) is 8.01. The molecule has 0 saturated heterocycles. The zero-order valence-electron chi connectivity index (χ0n) is 10.2.